The van der Waals surface area contributed by atoms with Crippen LogP contribution in [0.1, 0.15) is 201 Å². The number of allylic oxidation sites excluding steroid dienone is 2. The molecular formula is C114H131Br3F11N11O9. The van der Waals surface area contributed by atoms with Crippen LogP contribution in [0.2, 0.25) is 0 Å². The zero-order chi connectivity index (χ0) is 107. The number of hydrogen-bond donors (Lipinski definition) is 6. The number of carbonyl (C=O) groups excluding carboxylic acids is 3. The molecule has 0 unspecified atom stereocenters. The van der Waals surface area contributed by atoms with Crippen LogP contribution in [0.15, 0.2) is 174 Å². The quantitative estimate of drug-likeness (QED) is 0.0139. The first-order valence-electron chi connectivity index (χ1n) is 49.9. The van der Waals surface area contributed by atoms with E-state index in [-0.39, 0.29) is 84.1 Å². The number of H-pyrrole nitrogens is 2. The number of carbonyl (C=O) groups is 3. The van der Waals surface area contributed by atoms with E-state index in [1.807, 2.05) is 104 Å². The second-order valence-electron chi connectivity index (χ2n) is 39.6. The average molecular weight is 2250 g/mol. The lowest BCUT2D eigenvalue weighted by Crippen LogP contribution is -2.48. The summed E-state index contributed by atoms with van der Waals surface area (Å²) in [5.41, 5.74) is 13.1. The highest BCUT2D eigenvalue weighted by molar-refractivity contribution is 9.09. The van der Waals surface area contributed by atoms with Crippen molar-refractivity contribution in [3.63, 3.8) is 0 Å². The van der Waals surface area contributed by atoms with Crippen molar-refractivity contribution in [3.05, 3.63) is 310 Å². The highest BCUT2D eigenvalue weighted by Crippen LogP contribution is 2.51. The number of Topliss-reactive ketones (excluding diaryl/α,β-unsaturated/α-hetero) is 1. The van der Waals surface area contributed by atoms with Gasteiger partial charge >= 0.3 is 0 Å². The van der Waals surface area contributed by atoms with Gasteiger partial charge in [-0.15, -0.1) is 0 Å². The molecule has 8 heterocycles. The number of aryl methyl sites for hydroxylation is 1. The van der Waals surface area contributed by atoms with Crippen molar-refractivity contribution < 1.29 is 87.1 Å². The third-order valence-electron chi connectivity index (χ3n) is 26.4. The molecule has 0 spiro atoms. The maximum atomic E-state index is 16.0. The first-order chi connectivity index (χ1) is 70.6. The number of aromatic amines is 2. The van der Waals surface area contributed by atoms with Crippen LogP contribution in [-0.2, 0) is 50.0 Å². The van der Waals surface area contributed by atoms with Gasteiger partial charge < -0.3 is 45.0 Å². The van der Waals surface area contributed by atoms with Crippen molar-refractivity contribution in [2.24, 2.45) is 0 Å². The number of pyridine rings is 3. The SMILES string of the molecule is CCC1=Cc2ncc(CN3CCN(CCOc4cc(F)c([C@@H]5c6[nH]c7ccccc7c6C[C@@H](C)N5CC(C)(C)F)c(F)c4)CC3)cc2CC1=O.CCc1cc2ncc(CN3CCNCC3)cc2[nH]c1=O.C[C@@H]1CC2=C(Cc3ccccc32)[C@@H](c2c(F)cc(OCCBr)cc2F)N1CC(C)(C)F.C[C@H](CC1=CCc2ccccc21)NCC(C)(C)F.O=Cc1c(F)cc(O)cc1F.O=Cc1c(F)cc(OCCBr)cc1F.OCCBr. The summed E-state index contributed by atoms with van der Waals surface area (Å²) in [4.78, 5) is 70.8. The third kappa shape index (κ3) is 31.5. The summed E-state index contributed by atoms with van der Waals surface area (Å²) in [6, 6.07) is 37.5. The lowest BCUT2D eigenvalue weighted by atomic mass is 9.84. The number of piperazine rings is 2. The van der Waals surface area contributed by atoms with E-state index in [0.29, 0.717) is 92.0 Å². The molecule has 0 radical (unpaired) electrons. The number of aromatic hydroxyl groups is 1. The van der Waals surface area contributed by atoms with Crippen LogP contribution in [0.25, 0.3) is 39.2 Å². The van der Waals surface area contributed by atoms with Gasteiger partial charge in [-0.1, -0.05) is 141 Å². The number of phenols is 1. The minimum Gasteiger partial charge on any atom is -0.508 e. The highest BCUT2D eigenvalue weighted by Gasteiger charge is 2.45. The molecule has 7 aromatic carbocycles. The number of halogens is 14. The number of fused-ring (bicyclic) bond motifs is 8. The summed E-state index contributed by atoms with van der Waals surface area (Å²) < 4.78 is 173. The van der Waals surface area contributed by atoms with E-state index in [4.69, 9.17) is 24.4 Å². The molecule has 5 atom stereocenters. The van der Waals surface area contributed by atoms with E-state index in [2.05, 4.69) is 149 Å². The first kappa shape index (κ1) is 116. The fourth-order valence-corrected chi connectivity index (χ4v) is 19.7. The van der Waals surface area contributed by atoms with E-state index < -0.39 is 92.5 Å². The summed E-state index contributed by atoms with van der Waals surface area (Å²) in [7, 11) is 0. The van der Waals surface area contributed by atoms with E-state index in [1.54, 1.807) is 13.8 Å². The molecule has 0 bridgehead atoms. The Bertz CT molecular complexity index is 6480. The maximum Gasteiger partial charge on any atom is 0.251 e. The van der Waals surface area contributed by atoms with Crippen LogP contribution >= 0.6 is 47.8 Å². The molecule has 0 saturated carbocycles. The monoisotopic (exact) mass is 2240 g/mol. The Morgan fingerprint density at radius 2 is 1.05 bits per heavy atom. The second kappa shape index (κ2) is 53.9. The topological polar surface area (TPSA) is 234 Å². The Morgan fingerprint density at radius 1 is 0.547 bits per heavy atom. The molecule has 4 aromatic heterocycles. The molecule has 4 aliphatic heterocycles. The Hall–Kier alpha value is -10.6. The number of para-hydroxylation sites is 1. The number of aromatic nitrogens is 4. The van der Waals surface area contributed by atoms with Crippen LogP contribution < -0.4 is 30.4 Å². The van der Waals surface area contributed by atoms with Gasteiger partial charge in [0.2, 0.25) is 0 Å². The number of ether oxygens (including phenoxy) is 3. The number of aliphatic hydroxyl groups is 1. The number of phenolic OH excluding ortho intramolecular Hbond substituents is 1. The Morgan fingerprint density at radius 3 is 1.61 bits per heavy atom. The average Bonchev–Trinajstić information content (AvgIpc) is 1.57. The van der Waals surface area contributed by atoms with Gasteiger partial charge in [-0.05, 0) is 198 Å². The molecule has 148 heavy (non-hydrogen) atoms. The number of nitrogens with one attached hydrogen (secondary N) is 4. The van der Waals surface area contributed by atoms with E-state index in [9.17, 15) is 45.5 Å². The Balaban J connectivity index is 0.000000169. The van der Waals surface area contributed by atoms with Crippen molar-refractivity contribution in [2.45, 2.75) is 188 Å². The van der Waals surface area contributed by atoms with Gasteiger partial charge in [-0.25, -0.2) is 48.3 Å². The summed E-state index contributed by atoms with van der Waals surface area (Å²) in [6.45, 7) is 30.9. The number of hydrogen-bond acceptors (Lipinski definition) is 18. The van der Waals surface area contributed by atoms with Crippen molar-refractivity contribution in [1.29, 1.82) is 0 Å². The van der Waals surface area contributed by atoms with Crippen LogP contribution in [0.5, 0.6) is 23.0 Å². The van der Waals surface area contributed by atoms with E-state index in [0.717, 1.165) is 193 Å². The zero-order valence-corrected chi connectivity index (χ0v) is 90.1. The van der Waals surface area contributed by atoms with Gasteiger partial charge in [-0.2, -0.15) is 0 Å². The van der Waals surface area contributed by atoms with Crippen molar-refractivity contribution in [1.82, 2.24) is 55.1 Å². The fourth-order valence-electron chi connectivity index (χ4n) is 19.4. The molecule has 34 heteroatoms. The molecule has 11 aromatic rings. The number of alkyl halides is 6. The molecule has 20 nitrogen and oxygen atoms in total. The molecule has 0 amide bonds. The second-order valence-corrected chi connectivity index (χ2v) is 42.0. The van der Waals surface area contributed by atoms with Crippen LogP contribution in [0.3, 0.4) is 0 Å². The van der Waals surface area contributed by atoms with Crippen molar-refractivity contribution in [2.75, 3.05) is 121 Å². The molecular weight excluding hydrogens is 2120 g/mol. The van der Waals surface area contributed by atoms with Crippen LogP contribution in [0, 0.1) is 46.5 Å². The molecule has 18 rings (SSSR count). The molecule has 7 aliphatic rings. The van der Waals surface area contributed by atoms with Crippen molar-refractivity contribution >= 4 is 105 Å². The number of nitrogens with zero attached hydrogens (tertiary/aromatic N) is 7. The summed E-state index contributed by atoms with van der Waals surface area (Å²) >= 11 is 9.35. The molecule has 794 valence electrons. The number of rotatable bonds is 30. The number of ketones is 1. The lowest BCUT2D eigenvalue weighted by molar-refractivity contribution is -0.115. The van der Waals surface area contributed by atoms with Gasteiger partial charge in [0.1, 0.15) is 93.1 Å². The minimum absolute atomic E-state index is 0.00104. The van der Waals surface area contributed by atoms with Crippen LogP contribution in [-0.4, -0.2) is 229 Å². The summed E-state index contributed by atoms with van der Waals surface area (Å²) in [5.74, 6) is -6.66. The first-order valence-corrected chi connectivity index (χ1v) is 53.3. The van der Waals surface area contributed by atoms with E-state index >= 15 is 22.0 Å². The maximum absolute atomic E-state index is 16.0. The third-order valence-corrected chi connectivity index (χ3v) is 27.4. The lowest BCUT2D eigenvalue weighted by Gasteiger charge is -2.44. The zero-order valence-electron chi connectivity index (χ0n) is 85.3. The number of benzene rings is 7. The Kier molecular flexibility index (Phi) is 42.2. The fraction of sp³-hybridized carbons (Fsp3) is 0.421. The Labute approximate surface area is 883 Å². The molecule has 3 aliphatic carbocycles. The molecule has 2 fully saturated rings. The largest absolute Gasteiger partial charge is 0.508 e. The van der Waals surface area contributed by atoms with Gasteiger partial charge in [0, 0.05) is 226 Å². The van der Waals surface area contributed by atoms with Gasteiger partial charge in [0.15, 0.2) is 18.4 Å². The standard InChI is InChI=1S/C40H46F3N5O2.C25H27BrF3NO.C16H22FN.C15H20N4O.C9H7BrF2O2.C7H4F2O2.C2H5BrO/c1-5-27-18-35-28(19-36(27)49)17-26(22-44-35)23-47-12-10-46(11-13-47)14-15-50-29-20-32(41)37(33(42)21-29)39-38-31(30-8-6-7-9-34(30)45-38)16-25(2)48(39)24-40(3,4)43;1-15-10-19-18-7-5-4-6-16(18)11-20(19)24(30(15)14-25(2,3)29)23-21(27)12-17(13-22(23)28)31-9-8-26;1-12(18-11-16(2,3)17)10-14-9-8-13-6-4-5-7-15(13)14;1-2-12-8-13-14(18-15(12)20)7-11(9-17-13)10-19-5-3-16-4-6-19;10-1-2-14-6-3-8(11)7(5-13)9(12)4-6;8-6-1-4(11)2-7(9)5(6)3-10;3-1-2-4/h6-9,17-18,20-22,25,39,45H,5,10-16,19,23-24H2,1-4H3;4-7,12-13,15,24H,8-11,14H2,1-3H3;4-7,9,12,18H,8,10-11H2,1-3H3;7-9,16H,2-6,10H2,1H3,(H,18,20);3-5H,1-2H2;1-3,11H;4H,1-2H2/t25-,39-;15-,24+;12-;;;;/m111..../s1. The smallest absolute Gasteiger partial charge is 0.251 e. The van der Waals surface area contributed by atoms with Gasteiger partial charge in [0.25, 0.3) is 5.56 Å². The summed E-state index contributed by atoms with van der Waals surface area (Å²) in [6.07, 6.45) is 14.1. The number of aldehydes is 2. The van der Waals surface area contributed by atoms with E-state index in [1.165, 1.54) is 68.7 Å². The van der Waals surface area contributed by atoms with Gasteiger partial charge in [0.05, 0.1) is 59.8 Å². The highest BCUT2D eigenvalue weighted by atomic mass is 79.9. The predicted octanol–water partition coefficient (Wildman–Crippen LogP) is 22.7. The predicted molar refractivity (Wildman–Crippen MR) is 572 cm³/mol. The van der Waals surface area contributed by atoms with Crippen LogP contribution in [0.4, 0.5) is 48.3 Å². The summed E-state index contributed by atoms with van der Waals surface area (Å²) in [5, 5.41) is 25.9. The number of aliphatic hydroxyl groups excluding tert-OH is 1. The molecule has 2 saturated heterocycles. The van der Waals surface area contributed by atoms with Gasteiger partial charge in [-0.3, -0.25) is 53.6 Å². The minimum atomic E-state index is -1.56. The van der Waals surface area contributed by atoms with Crippen molar-refractivity contribution in [3.8, 4) is 23.0 Å². The molecule has 6 N–H and O–H groups in total. The normalized spacial score (nSPS) is 17.5.